The number of rotatable bonds is 2. The number of oxazole rings is 1. The van der Waals surface area contributed by atoms with E-state index in [0.29, 0.717) is 5.69 Å². The van der Waals surface area contributed by atoms with Crippen LogP contribution in [0.15, 0.2) is 29.3 Å². The minimum absolute atomic E-state index is 0.148. The SMILES string of the molecule is O=C(O)c1coc(-c2cnccn2)n1. The van der Waals surface area contributed by atoms with E-state index >= 15 is 0 Å². The monoisotopic (exact) mass is 191 g/mol. The molecule has 2 heterocycles. The molecule has 2 rings (SSSR count). The van der Waals surface area contributed by atoms with E-state index in [1.165, 1.54) is 18.6 Å². The van der Waals surface area contributed by atoms with Crippen LogP contribution in [-0.2, 0) is 0 Å². The van der Waals surface area contributed by atoms with E-state index in [9.17, 15) is 4.79 Å². The number of aromatic carboxylic acids is 1. The zero-order chi connectivity index (χ0) is 9.97. The first kappa shape index (κ1) is 8.36. The van der Waals surface area contributed by atoms with Gasteiger partial charge in [-0.3, -0.25) is 4.98 Å². The van der Waals surface area contributed by atoms with Crippen molar-refractivity contribution in [3.8, 4) is 11.6 Å². The van der Waals surface area contributed by atoms with Crippen molar-refractivity contribution >= 4 is 5.97 Å². The minimum atomic E-state index is -1.14. The van der Waals surface area contributed by atoms with Gasteiger partial charge in [-0.25, -0.2) is 14.8 Å². The topological polar surface area (TPSA) is 89.1 Å². The van der Waals surface area contributed by atoms with Crippen LogP contribution in [0.1, 0.15) is 10.5 Å². The predicted molar refractivity (Wildman–Crippen MR) is 44.5 cm³/mol. The number of aromatic nitrogens is 3. The van der Waals surface area contributed by atoms with Gasteiger partial charge >= 0.3 is 5.97 Å². The molecule has 0 amide bonds. The molecule has 0 aliphatic carbocycles. The van der Waals surface area contributed by atoms with Crippen molar-refractivity contribution in [1.29, 1.82) is 0 Å². The first-order chi connectivity index (χ1) is 6.77. The fourth-order valence-corrected chi connectivity index (χ4v) is 0.899. The zero-order valence-corrected chi connectivity index (χ0v) is 6.91. The number of carbonyl (C=O) groups is 1. The quantitative estimate of drug-likeness (QED) is 0.756. The van der Waals surface area contributed by atoms with Crippen molar-refractivity contribution in [2.45, 2.75) is 0 Å². The summed E-state index contributed by atoms with van der Waals surface area (Å²) in [4.78, 5) is 21.9. The number of carboxylic acid groups (broad SMARTS) is 1. The van der Waals surface area contributed by atoms with Crippen molar-refractivity contribution in [2.24, 2.45) is 0 Å². The van der Waals surface area contributed by atoms with Crippen molar-refractivity contribution < 1.29 is 14.3 Å². The van der Waals surface area contributed by atoms with Gasteiger partial charge in [-0.05, 0) is 0 Å². The molecule has 14 heavy (non-hydrogen) atoms. The van der Waals surface area contributed by atoms with Crippen LogP contribution in [0.3, 0.4) is 0 Å². The van der Waals surface area contributed by atoms with E-state index in [0.717, 1.165) is 6.26 Å². The Morgan fingerprint density at radius 2 is 2.29 bits per heavy atom. The van der Waals surface area contributed by atoms with Gasteiger partial charge < -0.3 is 9.52 Å². The number of carboxylic acids is 1. The first-order valence-electron chi connectivity index (χ1n) is 3.72. The Labute approximate surface area is 78.3 Å². The smallest absolute Gasteiger partial charge is 0.357 e. The van der Waals surface area contributed by atoms with Crippen molar-refractivity contribution in [2.75, 3.05) is 0 Å². The normalized spacial score (nSPS) is 10.0. The molecular formula is C8H5N3O3. The third kappa shape index (κ3) is 1.45. The zero-order valence-electron chi connectivity index (χ0n) is 6.91. The summed E-state index contributed by atoms with van der Waals surface area (Å²) in [5.74, 6) is -0.987. The van der Waals surface area contributed by atoms with Gasteiger partial charge in [0, 0.05) is 12.4 Å². The van der Waals surface area contributed by atoms with Gasteiger partial charge in [-0.15, -0.1) is 0 Å². The molecule has 0 spiro atoms. The molecule has 0 aliphatic rings. The molecular weight excluding hydrogens is 186 g/mol. The summed E-state index contributed by atoms with van der Waals surface area (Å²) in [6.45, 7) is 0. The van der Waals surface area contributed by atoms with Gasteiger partial charge in [0.15, 0.2) is 5.69 Å². The lowest BCUT2D eigenvalue weighted by Gasteiger charge is -1.89. The molecule has 0 bridgehead atoms. The Hall–Kier alpha value is -2.24. The molecule has 0 saturated heterocycles. The van der Waals surface area contributed by atoms with E-state index < -0.39 is 5.97 Å². The molecule has 0 fully saturated rings. The second-order valence-electron chi connectivity index (χ2n) is 2.43. The van der Waals surface area contributed by atoms with Gasteiger partial charge in [-0.2, -0.15) is 0 Å². The lowest BCUT2D eigenvalue weighted by molar-refractivity contribution is 0.0690. The van der Waals surface area contributed by atoms with Gasteiger partial charge in [0.1, 0.15) is 12.0 Å². The Bertz CT molecular complexity index is 452. The lowest BCUT2D eigenvalue weighted by Crippen LogP contribution is -1.95. The van der Waals surface area contributed by atoms with Gasteiger partial charge in [0.25, 0.3) is 0 Å². The number of hydrogen-bond donors (Lipinski definition) is 1. The van der Waals surface area contributed by atoms with E-state index in [2.05, 4.69) is 15.0 Å². The average Bonchev–Trinajstić information content (AvgIpc) is 2.68. The second-order valence-corrected chi connectivity index (χ2v) is 2.43. The van der Waals surface area contributed by atoms with E-state index in [1.54, 1.807) is 0 Å². The molecule has 0 aromatic carbocycles. The summed E-state index contributed by atoms with van der Waals surface area (Å²) in [5, 5.41) is 8.59. The van der Waals surface area contributed by atoms with Crippen LogP contribution in [0.4, 0.5) is 0 Å². The Morgan fingerprint density at radius 3 is 2.86 bits per heavy atom. The highest BCUT2D eigenvalue weighted by Crippen LogP contribution is 2.14. The van der Waals surface area contributed by atoms with E-state index in [4.69, 9.17) is 9.52 Å². The van der Waals surface area contributed by atoms with Crippen LogP contribution in [0.5, 0.6) is 0 Å². The minimum Gasteiger partial charge on any atom is -0.476 e. The standard InChI is InChI=1S/C8H5N3O3/c12-8(13)6-4-14-7(11-6)5-3-9-1-2-10-5/h1-4H,(H,12,13). The largest absolute Gasteiger partial charge is 0.476 e. The Balaban J connectivity index is 2.39. The van der Waals surface area contributed by atoms with Crippen LogP contribution in [0, 0.1) is 0 Å². The number of nitrogens with zero attached hydrogens (tertiary/aromatic N) is 3. The summed E-state index contributed by atoms with van der Waals surface area (Å²) in [5.41, 5.74) is 0.255. The Kier molecular flexibility index (Phi) is 1.94. The predicted octanol–water partition coefficient (Wildman–Crippen LogP) is 0.830. The maximum atomic E-state index is 10.5. The van der Waals surface area contributed by atoms with Crippen molar-refractivity contribution in [3.05, 3.63) is 30.5 Å². The van der Waals surface area contributed by atoms with Crippen molar-refractivity contribution in [1.82, 2.24) is 15.0 Å². The third-order valence-electron chi connectivity index (χ3n) is 1.51. The second kappa shape index (κ2) is 3.25. The maximum Gasteiger partial charge on any atom is 0.357 e. The lowest BCUT2D eigenvalue weighted by atomic mass is 10.4. The van der Waals surface area contributed by atoms with Crippen LogP contribution in [0.25, 0.3) is 11.6 Å². The molecule has 6 heteroatoms. The molecule has 0 unspecified atom stereocenters. The molecule has 0 saturated carbocycles. The molecule has 0 aliphatic heterocycles. The van der Waals surface area contributed by atoms with Gasteiger partial charge in [-0.1, -0.05) is 0 Å². The highest BCUT2D eigenvalue weighted by atomic mass is 16.4. The van der Waals surface area contributed by atoms with Crippen LogP contribution >= 0.6 is 0 Å². The van der Waals surface area contributed by atoms with Crippen LogP contribution < -0.4 is 0 Å². The highest BCUT2D eigenvalue weighted by molar-refractivity contribution is 5.85. The summed E-state index contributed by atoms with van der Waals surface area (Å²) in [6, 6.07) is 0. The van der Waals surface area contributed by atoms with Crippen molar-refractivity contribution in [3.63, 3.8) is 0 Å². The summed E-state index contributed by atoms with van der Waals surface area (Å²) in [7, 11) is 0. The molecule has 2 aromatic heterocycles. The van der Waals surface area contributed by atoms with Crippen LogP contribution in [-0.4, -0.2) is 26.0 Å². The van der Waals surface area contributed by atoms with E-state index in [1.807, 2.05) is 0 Å². The van der Waals surface area contributed by atoms with E-state index in [-0.39, 0.29) is 11.6 Å². The molecule has 0 radical (unpaired) electrons. The highest BCUT2D eigenvalue weighted by Gasteiger charge is 2.12. The summed E-state index contributed by atoms with van der Waals surface area (Å²) in [6.07, 6.45) is 5.48. The van der Waals surface area contributed by atoms with Crippen LogP contribution in [0.2, 0.25) is 0 Å². The molecule has 2 aromatic rings. The molecule has 6 nitrogen and oxygen atoms in total. The fourth-order valence-electron chi connectivity index (χ4n) is 0.899. The summed E-state index contributed by atoms with van der Waals surface area (Å²) >= 11 is 0. The number of hydrogen-bond acceptors (Lipinski definition) is 5. The average molecular weight is 191 g/mol. The maximum absolute atomic E-state index is 10.5. The first-order valence-corrected chi connectivity index (χ1v) is 3.72. The van der Waals surface area contributed by atoms with Gasteiger partial charge in [0.05, 0.1) is 6.20 Å². The molecule has 70 valence electrons. The molecule has 1 N–H and O–H groups in total. The third-order valence-corrected chi connectivity index (χ3v) is 1.51. The van der Waals surface area contributed by atoms with Gasteiger partial charge in [0.2, 0.25) is 5.89 Å². The Morgan fingerprint density at radius 1 is 1.43 bits per heavy atom. The summed E-state index contributed by atoms with van der Waals surface area (Å²) < 4.78 is 4.92. The fraction of sp³-hybridized carbons (Fsp3) is 0. The molecule has 0 atom stereocenters.